The van der Waals surface area contributed by atoms with Crippen LogP contribution in [0.5, 0.6) is 5.75 Å². The number of benzene rings is 1. The first-order valence-electron chi connectivity index (χ1n) is 5.30. The Morgan fingerprint density at radius 1 is 1.39 bits per heavy atom. The van der Waals surface area contributed by atoms with Gasteiger partial charge in [0.2, 0.25) is 0 Å². The van der Waals surface area contributed by atoms with Gasteiger partial charge in [0.05, 0.1) is 24.9 Å². The number of furan rings is 1. The van der Waals surface area contributed by atoms with Crippen molar-refractivity contribution in [1.29, 1.82) is 5.26 Å². The zero-order valence-electron chi connectivity index (χ0n) is 9.74. The lowest BCUT2D eigenvalue weighted by atomic mass is 10.1. The third-order valence-corrected chi connectivity index (χ3v) is 2.64. The fourth-order valence-corrected chi connectivity index (χ4v) is 1.76. The smallest absolute Gasteiger partial charge is 0.193 e. The first kappa shape index (κ1) is 12.3. The van der Waals surface area contributed by atoms with Crippen LogP contribution in [0.3, 0.4) is 0 Å². The Bertz CT molecular complexity index is 587. The van der Waals surface area contributed by atoms with E-state index in [0.717, 1.165) is 0 Å². The van der Waals surface area contributed by atoms with Gasteiger partial charge in [0, 0.05) is 0 Å². The molecule has 0 spiro atoms. The Labute approximate surface area is 110 Å². The molecule has 0 radical (unpaired) electrons. The van der Waals surface area contributed by atoms with Gasteiger partial charge in [-0.1, -0.05) is 6.07 Å². The van der Waals surface area contributed by atoms with Crippen LogP contribution < -0.4 is 10.1 Å². The van der Waals surface area contributed by atoms with Gasteiger partial charge in [-0.25, -0.2) is 0 Å². The van der Waals surface area contributed by atoms with Crippen LogP contribution in [0.1, 0.15) is 11.3 Å². The minimum absolute atomic E-state index is 0.340. The van der Waals surface area contributed by atoms with E-state index < -0.39 is 0 Å². The first-order chi connectivity index (χ1) is 8.74. The number of para-hydroxylation sites is 1. The molecule has 1 aromatic heterocycles. The van der Waals surface area contributed by atoms with Gasteiger partial charge in [-0.15, -0.1) is 0 Å². The molecule has 0 fully saturated rings. The summed E-state index contributed by atoms with van der Waals surface area (Å²) in [7, 11) is 1.56. The van der Waals surface area contributed by atoms with Gasteiger partial charge in [-0.2, -0.15) is 5.26 Å². The quantitative estimate of drug-likeness (QED) is 0.917. The second-order valence-electron chi connectivity index (χ2n) is 3.55. The fourth-order valence-electron chi connectivity index (χ4n) is 1.60. The zero-order valence-corrected chi connectivity index (χ0v) is 10.5. The number of nitrogens with zero attached hydrogens (tertiary/aromatic N) is 1. The molecule has 0 unspecified atom stereocenters. The summed E-state index contributed by atoms with van der Waals surface area (Å²) in [6, 6.07) is 10.8. The van der Waals surface area contributed by atoms with E-state index in [1.807, 2.05) is 0 Å². The molecule has 2 aromatic rings. The minimum atomic E-state index is 0.340. The first-order valence-corrected chi connectivity index (χ1v) is 5.67. The molecule has 5 heteroatoms. The van der Waals surface area contributed by atoms with Gasteiger partial charge >= 0.3 is 0 Å². The number of ether oxygens (including phenoxy) is 1. The molecule has 4 nitrogen and oxygen atoms in total. The summed E-state index contributed by atoms with van der Waals surface area (Å²) in [4.78, 5) is 0. The molecule has 0 atom stereocenters. The number of hydrogen-bond acceptors (Lipinski definition) is 4. The number of nitrogens with one attached hydrogen (secondary N) is 1. The van der Waals surface area contributed by atoms with Crippen molar-refractivity contribution in [2.45, 2.75) is 6.54 Å². The Morgan fingerprint density at radius 2 is 2.22 bits per heavy atom. The summed E-state index contributed by atoms with van der Waals surface area (Å²) in [6.07, 6.45) is 0. The molecule has 1 heterocycles. The molecule has 0 bridgehead atoms. The van der Waals surface area contributed by atoms with Crippen LogP contribution in [0.2, 0.25) is 5.22 Å². The van der Waals surface area contributed by atoms with E-state index >= 15 is 0 Å². The molecular weight excluding hydrogens is 252 g/mol. The third-order valence-electron chi connectivity index (χ3n) is 2.43. The predicted octanol–water partition coefficient (Wildman–Crippen LogP) is 3.43. The van der Waals surface area contributed by atoms with Gasteiger partial charge in [0.15, 0.2) is 5.22 Å². The zero-order chi connectivity index (χ0) is 13.0. The van der Waals surface area contributed by atoms with Crippen molar-refractivity contribution >= 4 is 17.3 Å². The standard InChI is InChI=1S/C13H11ClN2O2/c1-17-11-4-2-3-9(7-15)13(11)16-8-10-5-6-12(14)18-10/h2-6,16H,8H2,1H3. The van der Waals surface area contributed by atoms with E-state index in [0.29, 0.717) is 34.5 Å². The summed E-state index contributed by atoms with van der Waals surface area (Å²) in [6.45, 7) is 0.432. The van der Waals surface area contributed by atoms with E-state index in [1.165, 1.54) is 0 Å². The van der Waals surface area contributed by atoms with Crippen molar-refractivity contribution in [2.75, 3.05) is 12.4 Å². The summed E-state index contributed by atoms with van der Waals surface area (Å²) in [5, 5.41) is 12.5. The number of halogens is 1. The summed E-state index contributed by atoms with van der Waals surface area (Å²) >= 11 is 5.69. The van der Waals surface area contributed by atoms with E-state index in [-0.39, 0.29) is 0 Å². The van der Waals surface area contributed by atoms with Crippen molar-refractivity contribution < 1.29 is 9.15 Å². The topological polar surface area (TPSA) is 58.2 Å². The van der Waals surface area contributed by atoms with Gasteiger partial charge in [0.1, 0.15) is 17.6 Å². The second kappa shape index (κ2) is 5.48. The van der Waals surface area contributed by atoms with E-state index in [4.69, 9.17) is 26.0 Å². The molecule has 0 amide bonds. The van der Waals surface area contributed by atoms with Gasteiger partial charge < -0.3 is 14.5 Å². The van der Waals surface area contributed by atoms with Crippen LogP contribution in [0.15, 0.2) is 34.7 Å². The Kier molecular flexibility index (Phi) is 3.75. The van der Waals surface area contributed by atoms with Crippen LogP contribution in [-0.2, 0) is 6.54 Å². The monoisotopic (exact) mass is 262 g/mol. The van der Waals surface area contributed by atoms with Crippen molar-refractivity contribution in [2.24, 2.45) is 0 Å². The maximum Gasteiger partial charge on any atom is 0.193 e. The molecular formula is C13H11ClN2O2. The molecule has 1 aromatic carbocycles. The van der Waals surface area contributed by atoms with Crippen molar-refractivity contribution in [3.63, 3.8) is 0 Å². The summed E-state index contributed by atoms with van der Waals surface area (Å²) < 4.78 is 10.4. The molecule has 0 aliphatic rings. The van der Waals surface area contributed by atoms with Crippen molar-refractivity contribution in [3.8, 4) is 11.8 Å². The van der Waals surface area contributed by atoms with Crippen LogP contribution in [-0.4, -0.2) is 7.11 Å². The largest absolute Gasteiger partial charge is 0.495 e. The lowest BCUT2D eigenvalue weighted by Gasteiger charge is -2.11. The molecule has 0 aliphatic carbocycles. The molecule has 0 saturated heterocycles. The van der Waals surface area contributed by atoms with Crippen molar-refractivity contribution in [1.82, 2.24) is 0 Å². The summed E-state index contributed by atoms with van der Waals surface area (Å²) in [5.41, 5.74) is 1.17. The SMILES string of the molecule is COc1cccc(C#N)c1NCc1ccc(Cl)o1. The van der Waals surface area contributed by atoms with Crippen LogP contribution in [0.25, 0.3) is 0 Å². The average molecular weight is 263 g/mol. The Balaban J connectivity index is 2.20. The maximum absolute atomic E-state index is 9.05. The molecule has 0 saturated carbocycles. The molecule has 2 rings (SSSR count). The van der Waals surface area contributed by atoms with Crippen LogP contribution in [0, 0.1) is 11.3 Å². The van der Waals surface area contributed by atoms with Crippen LogP contribution in [0.4, 0.5) is 5.69 Å². The maximum atomic E-state index is 9.05. The Hall–Kier alpha value is -2.12. The van der Waals surface area contributed by atoms with Gasteiger partial charge in [0.25, 0.3) is 0 Å². The number of hydrogen-bond donors (Lipinski definition) is 1. The third kappa shape index (κ3) is 2.58. The van der Waals surface area contributed by atoms with E-state index in [9.17, 15) is 0 Å². The number of rotatable bonds is 4. The normalized spacial score (nSPS) is 9.83. The second-order valence-corrected chi connectivity index (χ2v) is 3.93. The Morgan fingerprint density at radius 3 is 2.83 bits per heavy atom. The van der Waals surface area contributed by atoms with Gasteiger partial charge in [-0.05, 0) is 35.9 Å². The summed E-state index contributed by atoms with van der Waals surface area (Å²) in [5.74, 6) is 1.31. The highest BCUT2D eigenvalue weighted by atomic mass is 35.5. The lowest BCUT2D eigenvalue weighted by Crippen LogP contribution is -2.02. The molecule has 0 aliphatic heterocycles. The van der Waals surface area contributed by atoms with E-state index in [1.54, 1.807) is 37.4 Å². The highest BCUT2D eigenvalue weighted by Crippen LogP contribution is 2.28. The minimum Gasteiger partial charge on any atom is -0.495 e. The van der Waals surface area contributed by atoms with E-state index in [2.05, 4.69) is 11.4 Å². The predicted molar refractivity (Wildman–Crippen MR) is 68.8 cm³/mol. The number of anilines is 1. The number of methoxy groups -OCH3 is 1. The molecule has 18 heavy (non-hydrogen) atoms. The van der Waals surface area contributed by atoms with Crippen LogP contribution >= 0.6 is 11.6 Å². The molecule has 1 N–H and O–H groups in total. The van der Waals surface area contributed by atoms with Gasteiger partial charge in [-0.3, -0.25) is 0 Å². The number of nitriles is 1. The lowest BCUT2D eigenvalue weighted by molar-refractivity contribution is 0.416. The average Bonchev–Trinajstić information content (AvgIpc) is 2.81. The fraction of sp³-hybridized carbons (Fsp3) is 0.154. The molecule has 92 valence electrons. The highest BCUT2D eigenvalue weighted by Gasteiger charge is 2.09. The van der Waals surface area contributed by atoms with Crippen molar-refractivity contribution in [3.05, 3.63) is 46.9 Å². The highest BCUT2D eigenvalue weighted by molar-refractivity contribution is 6.28.